The highest BCUT2D eigenvalue weighted by molar-refractivity contribution is 5.81. The van der Waals surface area contributed by atoms with Crippen LogP contribution in [0.15, 0.2) is 36.4 Å². The van der Waals surface area contributed by atoms with Crippen LogP contribution in [0.4, 0.5) is 11.4 Å². The normalized spacial score (nSPS) is 15.6. The van der Waals surface area contributed by atoms with E-state index in [0.717, 1.165) is 54.1 Å². The molecule has 0 saturated heterocycles. The summed E-state index contributed by atoms with van der Waals surface area (Å²) in [6.45, 7) is 8.41. The summed E-state index contributed by atoms with van der Waals surface area (Å²) in [4.78, 5) is 2.38. The number of benzene rings is 2. The molecular weight excluding hydrogens is 286 g/mol. The number of aliphatic hydroxyl groups is 1. The van der Waals surface area contributed by atoms with E-state index in [4.69, 9.17) is 5.73 Å². The fourth-order valence-corrected chi connectivity index (χ4v) is 3.26. The van der Waals surface area contributed by atoms with Gasteiger partial charge in [0.05, 0.1) is 0 Å². The molecule has 0 saturated carbocycles. The first-order chi connectivity index (χ1) is 11.1. The fourth-order valence-electron chi connectivity index (χ4n) is 3.26. The Hall–Kier alpha value is -2.04. The Bertz CT molecular complexity index is 695. The minimum absolute atomic E-state index is 0.590. The highest BCUT2D eigenvalue weighted by Crippen LogP contribution is 2.44. The Morgan fingerprint density at radius 3 is 2.39 bits per heavy atom. The Morgan fingerprint density at radius 1 is 1.04 bits per heavy atom. The zero-order valence-electron chi connectivity index (χ0n) is 13.8. The van der Waals surface area contributed by atoms with Crippen molar-refractivity contribution in [3.05, 3.63) is 47.5 Å². The summed E-state index contributed by atoms with van der Waals surface area (Å²) in [5.74, 6) is 0. The van der Waals surface area contributed by atoms with E-state index in [0.29, 0.717) is 5.69 Å². The van der Waals surface area contributed by atoms with Gasteiger partial charge in [-0.1, -0.05) is 26.0 Å². The second-order valence-electron chi connectivity index (χ2n) is 6.00. The molecule has 0 aliphatic heterocycles. The lowest BCUT2D eigenvalue weighted by Gasteiger charge is -2.18. The third-order valence-electron chi connectivity index (χ3n) is 4.66. The van der Waals surface area contributed by atoms with Crippen LogP contribution in [0, 0.1) is 0 Å². The second kappa shape index (κ2) is 6.60. The zero-order valence-corrected chi connectivity index (χ0v) is 13.8. The Kier molecular flexibility index (Phi) is 4.55. The lowest BCUT2D eigenvalue weighted by atomic mass is 10.1. The monoisotopic (exact) mass is 311 g/mol. The molecule has 1 aliphatic rings. The van der Waals surface area contributed by atoms with Gasteiger partial charge in [-0.25, -0.2) is 0 Å². The van der Waals surface area contributed by atoms with Gasteiger partial charge in [0.15, 0.2) is 0 Å². The van der Waals surface area contributed by atoms with Gasteiger partial charge in [-0.05, 0) is 59.6 Å². The third-order valence-corrected chi connectivity index (χ3v) is 4.66. The Balaban J connectivity index is 1.76. The maximum absolute atomic E-state index is 10.6. The van der Waals surface area contributed by atoms with Gasteiger partial charge in [0, 0.05) is 24.5 Å². The molecule has 0 aromatic heterocycles. The molecule has 0 fully saturated rings. The van der Waals surface area contributed by atoms with Gasteiger partial charge in [0.1, 0.15) is 6.10 Å². The van der Waals surface area contributed by atoms with Crippen LogP contribution in [-0.2, 0) is 0 Å². The van der Waals surface area contributed by atoms with E-state index in [1.807, 2.05) is 18.2 Å². The van der Waals surface area contributed by atoms with Gasteiger partial charge in [-0.3, -0.25) is 0 Å². The first-order valence-electron chi connectivity index (χ1n) is 8.32. The van der Waals surface area contributed by atoms with Gasteiger partial charge in [0.25, 0.3) is 0 Å². The third kappa shape index (κ3) is 3.05. The number of nitrogen functional groups attached to an aromatic ring is 1. The van der Waals surface area contributed by atoms with Crippen LogP contribution in [-0.4, -0.2) is 36.2 Å². The quantitative estimate of drug-likeness (QED) is 0.718. The summed E-state index contributed by atoms with van der Waals surface area (Å²) >= 11 is 0. The summed E-state index contributed by atoms with van der Waals surface area (Å²) < 4.78 is 0. The molecule has 1 atom stereocenters. The Labute approximate surface area is 137 Å². The van der Waals surface area contributed by atoms with Crippen LogP contribution in [0.5, 0.6) is 0 Å². The smallest absolute Gasteiger partial charge is 0.105 e. The summed E-state index contributed by atoms with van der Waals surface area (Å²) in [6, 6.07) is 12.0. The van der Waals surface area contributed by atoms with E-state index in [1.165, 1.54) is 0 Å². The van der Waals surface area contributed by atoms with Crippen LogP contribution in [0.2, 0.25) is 0 Å². The van der Waals surface area contributed by atoms with Gasteiger partial charge < -0.3 is 21.1 Å². The van der Waals surface area contributed by atoms with Crippen LogP contribution in [0.1, 0.15) is 31.1 Å². The molecule has 1 unspecified atom stereocenters. The Morgan fingerprint density at radius 2 is 1.70 bits per heavy atom. The fraction of sp³-hybridized carbons (Fsp3) is 0.368. The first-order valence-corrected chi connectivity index (χ1v) is 8.32. The average molecular weight is 311 g/mol. The summed E-state index contributed by atoms with van der Waals surface area (Å²) in [7, 11) is 0. The minimum atomic E-state index is -0.590. The van der Waals surface area contributed by atoms with Crippen molar-refractivity contribution in [2.24, 2.45) is 0 Å². The molecule has 0 spiro atoms. The number of rotatable bonds is 6. The molecule has 1 aliphatic carbocycles. The molecule has 4 nitrogen and oxygen atoms in total. The number of aliphatic hydroxyl groups excluding tert-OH is 1. The van der Waals surface area contributed by atoms with Gasteiger partial charge in [0.2, 0.25) is 0 Å². The summed E-state index contributed by atoms with van der Waals surface area (Å²) in [5, 5.41) is 14.0. The molecule has 4 heteroatoms. The largest absolute Gasteiger partial charge is 0.399 e. The van der Waals surface area contributed by atoms with Crippen LogP contribution >= 0.6 is 0 Å². The number of hydrogen-bond acceptors (Lipinski definition) is 4. The number of nitrogens with one attached hydrogen (secondary N) is 1. The van der Waals surface area contributed by atoms with Crippen LogP contribution < -0.4 is 11.1 Å². The van der Waals surface area contributed by atoms with Crippen molar-refractivity contribution in [2.75, 3.05) is 37.2 Å². The van der Waals surface area contributed by atoms with E-state index >= 15 is 0 Å². The van der Waals surface area contributed by atoms with Crippen molar-refractivity contribution in [1.82, 2.24) is 4.90 Å². The SMILES string of the molecule is CCN(CC)CCNc1ccc2c(c1)C(O)c1cc(N)ccc1-2. The summed E-state index contributed by atoms with van der Waals surface area (Å²) in [5.41, 5.74) is 11.6. The van der Waals surface area contributed by atoms with E-state index in [9.17, 15) is 5.11 Å². The summed E-state index contributed by atoms with van der Waals surface area (Å²) in [6.07, 6.45) is -0.590. The molecule has 0 bridgehead atoms. The number of nitrogens with two attached hydrogens (primary N) is 1. The number of fused-ring (bicyclic) bond motifs is 3. The van der Waals surface area contributed by atoms with Gasteiger partial charge >= 0.3 is 0 Å². The zero-order chi connectivity index (χ0) is 16.4. The molecular formula is C19H25N3O. The lowest BCUT2D eigenvalue weighted by Crippen LogP contribution is -2.28. The topological polar surface area (TPSA) is 61.5 Å². The van der Waals surface area contributed by atoms with Crippen molar-refractivity contribution in [3.8, 4) is 11.1 Å². The molecule has 23 heavy (non-hydrogen) atoms. The van der Waals surface area contributed by atoms with Crippen LogP contribution in [0.25, 0.3) is 11.1 Å². The van der Waals surface area contributed by atoms with Crippen molar-refractivity contribution < 1.29 is 5.11 Å². The van der Waals surface area contributed by atoms with Crippen molar-refractivity contribution >= 4 is 11.4 Å². The first kappa shape index (κ1) is 15.8. The molecule has 0 heterocycles. The number of hydrogen-bond donors (Lipinski definition) is 3. The maximum atomic E-state index is 10.6. The molecule has 122 valence electrons. The van der Waals surface area contributed by atoms with Crippen molar-refractivity contribution in [1.29, 1.82) is 0 Å². The predicted molar refractivity (Wildman–Crippen MR) is 96.6 cm³/mol. The number of nitrogens with zero attached hydrogens (tertiary/aromatic N) is 1. The number of anilines is 2. The number of likely N-dealkylation sites (N-methyl/N-ethyl adjacent to an activating group) is 1. The van der Waals surface area contributed by atoms with E-state index in [-0.39, 0.29) is 0 Å². The van der Waals surface area contributed by atoms with Crippen molar-refractivity contribution in [3.63, 3.8) is 0 Å². The van der Waals surface area contributed by atoms with Gasteiger partial charge in [-0.15, -0.1) is 0 Å². The minimum Gasteiger partial charge on any atom is -0.399 e. The van der Waals surface area contributed by atoms with Gasteiger partial charge in [-0.2, -0.15) is 0 Å². The predicted octanol–water partition coefficient (Wildman–Crippen LogP) is 3.08. The average Bonchev–Trinajstić information content (AvgIpc) is 2.84. The second-order valence-corrected chi connectivity index (χ2v) is 6.00. The standard InChI is InChI=1S/C19H25N3O/c1-3-22(4-2)10-9-21-14-6-8-16-15-7-5-13(20)11-17(15)19(23)18(16)12-14/h5-8,11-12,19,21,23H,3-4,9-10,20H2,1-2H3. The van der Waals surface area contributed by atoms with E-state index in [2.05, 4.69) is 42.3 Å². The molecule has 2 aromatic carbocycles. The molecule has 3 rings (SSSR count). The highest BCUT2D eigenvalue weighted by Gasteiger charge is 2.27. The van der Waals surface area contributed by atoms with E-state index in [1.54, 1.807) is 0 Å². The lowest BCUT2D eigenvalue weighted by molar-refractivity contribution is 0.225. The highest BCUT2D eigenvalue weighted by atomic mass is 16.3. The maximum Gasteiger partial charge on any atom is 0.105 e. The molecule has 0 amide bonds. The van der Waals surface area contributed by atoms with Crippen LogP contribution in [0.3, 0.4) is 0 Å². The van der Waals surface area contributed by atoms with Crippen molar-refractivity contribution in [2.45, 2.75) is 20.0 Å². The van der Waals surface area contributed by atoms with E-state index < -0.39 is 6.10 Å². The molecule has 2 aromatic rings. The molecule has 4 N–H and O–H groups in total. The molecule has 0 radical (unpaired) electrons.